The molecule has 1 N–H and O–H groups in total. The second-order valence-electron chi connectivity index (χ2n) is 4.28. The van der Waals surface area contributed by atoms with Gasteiger partial charge in [0.2, 0.25) is 0 Å². The fourth-order valence-corrected chi connectivity index (χ4v) is 1.98. The zero-order valence-electron chi connectivity index (χ0n) is 10.2. The first-order chi connectivity index (χ1) is 8.38. The maximum absolute atomic E-state index is 5.46. The van der Waals surface area contributed by atoms with Gasteiger partial charge in [0.25, 0.3) is 0 Å². The van der Waals surface area contributed by atoms with Crippen molar-refractivity contribution in [2.45, 2.75) is 6.54 Å². The Morgan fingerprint density at radius 1 is 1.24 bits per heavy atom. The third-order valence-electron chi connectivity index (χ3n) is 2.95. The van der Waals surface area contributed by atoms with Crippen LogP contribution in [-0.4, -0.2) is 32.9 Å². The second kappa shape index (κ2) is 6.42. The van der Waals surface area contributed by atoms with Crippen LogP contribution in [0.2, 0.25) is 0 Å². The molecule has 2 rings (SSSR count). The van der Waals surface area contributed by atoms with E-state index in [4.69, 9.17) is 9.47 Å². The molecule has 1 heterocycles. The van der Waals surface area contributed by atoms with Gasteiger partial charge in [0.15, 0.2) is 0 Å². The third-order valence-corrected chi connectivity index (χ3v) is 2.95. The molecule has 0 spiro atoms. The van der Waals surface area contributed by atoms with E-state index in [0.717, 1.165) is 38.6 Å². The number of morpholine rings is 1. The Kier molecular flexibility index (Phi) is 4.59. The number of ether oxygens (including phenoxy) is 2. The van der Waals surface area contributed by atoms with Gasteiger partial charge in [-0.3, -0.25) is 0 Å². The van der Waals surface area contributed by atoms with Gasteiger partial charge in [0.1, 0.15) is 32.0 Å². The van der Waals surface area contributed by atoms with E-state index < -0.39 is 0 Å². The molecule has 1 aromatic carbocycles. The first kappa shape index (κ1) is 12.1. The summed E-state index contributed by atoms with van der Waals surface area (Å²) < 4.78 is 10.8. The minimum absolute atomic E-state index is 0.564. The smallest absolute Gasteiger partial charge is 0.119 e. The van der Waals surface area contributed by atoms with E-state index in [0.29, 0.717) is 6.61 Å². The van der Waals surface area contributed by atoms with Crippen LogP contribution in [0.25, 0.3) is 0 Å². The normalized spacial score (nSPS) is 16.7. The average molecular weight is 234 g/mol. The Labute approximate surface area is 103 Å². The lowest BCUT2D eigenvalue weighted by atomic mass is 10.2. The van der Waals surface area contributed by atoms with E-state index in [2.05, 4.69) is 18.7 Å². The first-order valence-electron chi connectivity index (χ1n) is 6.12. The average Bonchev–Trinajstić information content (AvgIpc) is 2.39. The van der Waals surface area contributed by atoms with Crippen LogP contribution in [0.4, 0.5) is 0 Å². The zero-order chi connectivity index (χ0) is 11.9. The van der Waals surface area contributed by atoms with Gasteiger partial charge in [-0.2, -0.15) is 0 Å². The summed E-state index contributed by atoms with van der Waals surface area (Å²) in [5.74, 6) is 0.908. The highest BCUT2D eigenvalue weighted by Gasteiger charge is 2.13. The van der Waals surface area contributed by atoms with Crippen molar-refractivity contribution in [3.8, 4) is 5.75 Å². The minimum Gasteiger partial charge on any atom is -0.490 e. The van der Waals surface area contributed by atoms with Gasteiger partial charge >= 0.3 is 0 Å². The second-order valence-corrected chi connectivity index (χ2v) is 4.28. The highest BCUT2D eigenvalue weighted by Crippen LogP contribution is 2.11. The molecule has 17 heavy (non-hydrogen) atoms. The number of benzene rings is 1. The van der Waals surface area contributed by atoms with Gasteiger partial charge in [-0.1, -0.05) is 12.7 Å². The van der Waals surface area contributed by atoms with Crippen LogP contribution in [0, 0.1) is 0 Å². The van der Waals surface area contributed by atoms with Crippen molar-refractivity contribution in [3.63, 3.8) is 0 Å². The first-order valence-corrected chi connectivity index (χ1v) is 6.12. The fraction of sp³-hybridized carbons (Fsp3) is 0.429. The van der Waals surface area contributed by atoms with Crippen LogP contribution < -0.4 is 9.64 Å². The molecule has 0 atom stereocenters. The van der Waals surface area contributed by atoms with Crippen LogP contribution >= 0.6 is 0 Å². The minimum atomic E-state index is 0.564. The summed E-state index contributed by atoms with van der Waals surface area (Å²) >= 11 is 0. The lowest BCUT2D eigenvalue weighted by Crippen LogP contribution is -3.12. The molecule has 0 unspecified atom stereocenters. The number of hydrogen-bond acceptors (Lipinski definition) is 2. The third kappa shape index (κ3) is 3.88. The highest BCUT2D eigenvalue weighted by atomic mass is 16.5. The topological polar surface area (TPSA) is 22.9 Å². The summed E-state index contributed by atoms with van der Waals surface area (Å²) in [4.78, 5) is 1.59. The van der Waals surface area contributed by atoms with Gasteiger partial charge in [-0.25, -0.2) is 0 Å². The summed E-state index contributed by atoms with van der Waals surface area (Å²) in [6.45, 7) is 9.25. The Morgan fingerprint density at radius 3 is 2.59 bits per heavy atom. The van der Waals surface area contributed by atoms with Gasteiger partial charge in [-0.05, 0) is 24.3 Å². The number of quaternary nitrogens is 1. The molecule has 1 aromatic rings. The van der Waals surface area contributed by atoms with Gasteiger partial charge in [0, 0.05) is 5.56 Å². The molecule has 0 saturated carbocycles. The molecule has 1 fully saturated rings. The molecule has 1 aliphatic rings. The van der Waals surface area contributed by atoms with Crippen LogP contribution in [0.1, 0.15) is 5.56 Å². The Bertz CT molecular complexity index is 342. The van der Waals surface area contributed by atoms with Crippen LogP contribution in [0.15, 0.2) is 36.9 Å². The molecule has 0 aliphatic carbocycles. The van der Waals surface area contributed by atoms with E-state index in [1.807, 2.05) is 12.1 Å². The van der Waals surface area contributed by atoms with Gasteiger partial charge in [-0.15, -0.1) is 0 Å². The molecule has 1 aliphatic heterocycles. The van der Waals surface area contributed by atoms with Crippen molar-refractivity contribution < 1.29 is 14.4 Å². The van der Waals surface area contributed by atoms with E-state index >= 15 is 0 Å². The monoisotopic (exact) mass is 234 g/mol. The van der Waals surface area contributed by atoms with E-state index in [9.17, 15) is 0 Å². The quantitative estimate of drug-likeness (QED) is 0.757. The molecule has 0 radical (unpaired) electrons. The van der Waals surface area contributed by atoms with Crippen molar-refractivity contribution in [3.05, 3.63) is 42.5 Å². The summed E-state index contributed by atoms with van der Waals surface area (Å²) in [6.07, 6.45) is 1.76. The van der Waals surface area contributed by atoms with Crippen LogP contribution in [-0.2, 0) is 11.3 Å². The number of nitrogens with one attached hydrogen (secondary N) is 1. The summed E-state index contributed by atoms with van der Waals surface area (Å²) in [7, 11) is 0. The van der Waals surface area contributed by atoms with Crippen LogP contribution in [0.5, 0.6) is 5.75 Å². The number of rotatable bonds is 5. The van der Waals surface area contributed by atoms with E-state index in [1.165, 1.54) is 5.56 Å². The largest absolute Gasteiger partial charge is 0.490 e. The zero-order valence-corrected chi connectivity index (χ0v) is 10.2. The van der Waals surface area contributed by atoms with Crippen LogP contribution in [0.3, 0.4) is 0 Å². The van der Waals surface area contributed by atoms with Crippen molar-refractivity contribution in [1.82, 2.24) is 0 Å². The summed E-state index contributed by atoms with van der Waals surface area (Å²) in [6, 6.07) is 8.33. The molecular weight excluding hydrogens is 214 g/mol. The van der Waals surface area contributed by atoms with E-state index in [-0.39, 0.29) is 0 Å². The Balaban J connectivity index is 1.86. The maximum Gasteiger partial charge on any atom is 0.119 e. The summed E-state index contributed by atoms with van der Waals surface area (Å²) in [5, 5.41) is 0. The SMILES string of the molecule is C=CCOc1ccc(C[NH+]2CCOCC2)cc1. The van der Waals surface area contributed by atoms with E-state index in [1.54, 1.807) is 11.0 Å². The van der Waals surface area contributed by atoms with Crippen molar-refractivity contribution in [2.75, 3.05) is 32.9 Å². The predicted molar refractivity (Wildman–Crippen MR) is 67.4 cm³/mol. The number of hydrogen-bond donors (Lipinski definition) is 1. The predicted octanol–water partition coefficient (Wildman–Crippen LogP) is 0.667. The molecule has 1 saturated heterocycles. The Morgan fingerprint density at radius 2 is 1.94 bits per heavy atom. The molecule has 3 nitrogen and oxygen atoms in total. The van der Waals surface area contributed by atoms with Gasteiger partial charge in [0.05, 0.1) is 13.2 Å². The fourth-order valence-electron chi connectivity index (χ4n) is 1.98. The maximum atomic E-state index is 5.46. The molecule has 92 valence electrons. The molecule has 3 heteroatoms. The summed E-state index contributed by atoms with van der Waals surface area (Å²) in [5.41, 5.74) is 1.35. The standard InChI is InChI=1S/C14H19NO2/c1-2-9-17-14-5-3-13(4-6-14)12-15-7-10-16-11-8-15/h2-6H,1,7-12H2/p+1. The highest BCUT2D eigenvalue weighted by molar-refractivity contribution is 5.26. The van der Waals surface area contributed by atoms with Crippen molar-refractivity contribution in [2.24, 2.45) is 0 Å². The van der Waals surface area contributed by atoms with Crippen molar-refractivity contribution >= 4 is 0 Å². The lowest BCUT2D eigenvalue weighted by Gasteiger charge is -2.23. The molecule has 0 bridgehead atoms. The molecule has 0 aromatic heterocycles. The Hall–Kier alpha value is -1.32. The molecular formula is C14H20NO2+. The molecule has 0 amide bonds. The van der Waals surface area contributed by atoms with Gasteiger partial charge < -0.3 is 14.4 Å². The van der Waals surface area contributed by atoms with Crippen molar-refractivity contribution in [1.29, 1.82) is 0 Å². The lowest BCUT2D eigenvalue weighted by molar-refractivity contribution is -0.921.